The number of rotatable bonds is 4. The molecule has 1 fully saturated rings. The first-order valence-electron chi connectivity index (χ1n) is 9.46. The largest absolute Gasteiger partial charge is 0.378 e. The predicted octanol–water partition coefficient (Wildman–Crippen LogP) is 3.46. The van der Waals surface area contributed by atoms with Gasteiger partial charge in [0.2, 0.25) is 5.91 Å². The Morgan fingerprint density at radius 2 is 1.52 bits per heavy atom. The van der Waals surface area contributed by atoms with Crippen LogP contribution in [0.5, 0.6) is 0 Å². The first kappa shape index (κ1) is 17.7. The minimum Gasteiger partial charge on any atom is -0.378 e. The zero-order valence-corrected chi connectivity index (χ0v) is 15.2. The van der Waals surface area contributed by atoms with Gasteiger partial charge >= 0.3 is 0 Å². The number of ether oxygens (including phenoxy) is 1. The van der Waals surface area contributed by atoms with E-state index < -0.39 is 0 Å². The molecule has 27 heavy (non-hydrogen) atoms. The van der Waals surface area contributed by atoms with E-state index in [9.17, 15) is 9.59 Å². The first-order valence-corrected chi connectivity index (χ1v) is 9.46. The van der Waals surface area contributed by atoms with Gasteiger partial charge < -0.3 is 9.64 Å². The molecule has 0 bridgehead atoms. The predicted molar refractivity (Wildman–Crippen MR) is 104 cm³/mol. The van der Waals surface area contributed by atoms with E-state index in [0.717, 1.165) is 11.1 Å². The van der Waals surface area contributed by atoms with Crippen LogP contribution < -0.4 is 0 Å². The molecule has 0 aromatic heterocycles. The van der Waals surface area contributed by atoms with Gasteiger partial charge in [0, 0.05) is 36.1 Å². The lowest BCUT2D eigenvalue weighted by molar-refractivity contribution is -0.131. The average Bonchev–Trinajstić information content (AvgIpc) is 3.20. The van der Waals surface area contributed by atoms with Crippen LogP contribution in [0, 0.1) is 5.92 Å². The zero-order valence-electron chi connectivity index (χ0n) is 15.2. The van der Waals surface area contributed by atoms with Gasteiger partial charge in [0.25, 0.3) is 0 Å². The fraction of sp³-hybridized carbons (Fsp3) is 0.304. The molecule has 0 radical (unpaired) electrons. The highest BCUT2D eigenvalue weighted by Gasteiger charge is 2.37. The van der Waals surface area contributed by atoms with Crippen LogP contribution in [0.15, 0.2) is 72.3 Å². The van der Waals surface area contributed by atoms with E-state index in [2.05, 4.69) is 0 Å². The Morgan fingerprint density at radius 1 is 0.889 bits per heavy atom. The van der Waals surface area contributed by atoms with Crippen molar-refractivity contribution < 1.29 is 14.3 Å². The van der Waals surface area contributed by atoms with Crippen LogP contribution in [-0.4, -0.2) is 42.9 Å². The van der Waals surface area contributed by atoms with Crippen molar-refractivity contribution in [1.29, 1.82) is 0 Å². The van der Waals surface area contributed by atoms with Gasteiger partial charge in [-0.15, -0.1) is 0 Å². The van der Waals surface area contributed by atoms with Gasteiger partial charge in [-0.25, -0.2) is 0 Å². The van der Waals surface area contributed by atoms with Crippen molar-refractivity contribution in [1.82, 2.24) is 4.90 Å². The van der Waals surface area contributed by atoms with Gasteiger partial charge in [-0.3, -0.25) is 9.59 Å². The summed E-state index contributed by atoms with van der Waals surface area (Å²) in [6, 6.07) is 19.4. The molecular formula is C23H23NO3. The Labute approximate surface area is 159 Å². The third-order valence-corrected chi connectivity index (χ3v) is 5.41. The topological polar surface area (TPSA) is 46.6 Å². The van der Waals surface area contributed by atoms with Gasteiger partial charge in [-0.1, -0.05) is 66.7 Å². The normalized spacial score (nSPS) is 22.4. The molecule has 1 aliphatic heterocycles. The Kier molecular flexibility index (Phi) is 5.16. The Hall–Kier alpha value is -2.72. The molecule has 2 atom stereocenters. The van der Waals surface area contributed by atoms with Crippen molar-refractivity contribution in [2.24, 2.45) is 5.92 Å². The molecule has 2 aliphatic rings. The fourth-order valence-corrected chi connectivity index (χ4v) is 3.97. The quantitative estimate of drug-likeness (QED) is 0.784. The number of morpholine rings is 1. The number of benzene rings is 2. The van der Waals surface area contributed by atoms with Gasteiger partial charge in [-0.2, -0.15) is 0 Å². The maximum atomic E-state index is 13.2. The summed E-state index contributed by atoms with van der Waals surface area (Å²) < 4.78 is 5.35. The Bertz CT molecular complexity index is 838. The molecule has 4 rings (SSSR count). The monoisotopic (exact) mass is 361 g/mol. The van der Waals surface area contributed by atoms with Crippen LogP contribution in [0.4, 0.5) is 0 Å². The van der Waals surface area contributed by atoms with Crippen molar-refractivity contribution in [2.45, 2.75) is 12.3 Å². The molecule has 0 N–H and O–H groups in total. The van der Waals surface area contributed by atoms with Crippen LogP contribution in [0.2, 0.25) is 0 Å². The van der Waals surface area contributed by atoms with Crippen molar-refractivity contribution in [3.63, 3.8) is 0 Å². The average molecular weight is 361 g/mol. The number of amides is 1. The van der Waals surface area contributed by atoms with Crippen LogP contribution in [0.25, 0.3) is 0 Å². The molecule has 1 aliphatic carbocycles. The van der Waals surface area contributed by atoms with Crippen molar-refractivity contribution in [2.75, 3.05) is 26.3 Å². The van der Waals surface area contributed by atoms with E-state index in [4.69, 9.17) is 4.74 Å². The van der Waals surface area contributed by atoms with E-state index in [1.54, 1.807) is 0 Å². The molecule has 0 unspecified atom stereocenters. The smallest absolute Gasteiger partial charge is 0.249 e. The minimum atomic E-state index is -0.241. The maximum absolute atomic E-state index is 13.2. The molecule has 2 aromatic rings. The lowest BCUT2D eigenvalue weighted by Gasteiger charge is -2.27. The number of carbonyl (C=O) groups is 2. The molecule has 1 heterocycles. The second kappa shape index (κ2) is 7.89. The number of Topliss-reactive ketones (excluding diaryl/α,β-unsaturated/α-hetero) is 1. The van der Waals surface area contributed by atoms with Crippen molar-refractivity contribution in [3.05, 3.63) is 83.4 Å². The number of carbonyl (C=O) groups excluding carboxylic acids is 2. The summed E-state index contributed by atoms with van der Waals surface area (Å²) in [4.78, 5) is 28.0. The molecule has 1 saturated heterocycles. The second-order valence-electron chi connectivity index (χ2n) is 7.07. The SMILES string of the molecule is O=C(c1ccccc1)[C@H]1CC(C(=O)N2CCOCC2)=C[C@@H]1c1ccccc1. The second-order valence-corrected chi connectivity index (χ2v) is 7.07. The number of ketones is 1. The highest BCUT2D eigenvalue weighted by atomic mass is 16.5. The summed E-state index contributed by atoms with van der Waals surface area (Å²) in [5.74, 6) is -0.165. The molecule has 4 heteroatoms. The minimum absolute atomic E-state index is 0.0441. The zero-order chi connectivity index (χ0) is 18.6. The molecule has 2 aromatic carbocycles. The summed E-state index contributed by atoms with van der Waals surface area (Å²) >= 11 is 0. The molecule has 1 amide bonds. The summed E-state index contributed by atoms with van der Waals surface area (Å²) in [5, 5.41) is 0. The molecule has 0 saturated carbocycles. The highest BCUT2D eigenvalue weighted by molar-refractivity contribution is 6.02. The number of hydrogen-bond donors (Lipinski definition) is 0. The Morgan fingerprint density at radius 3 is 2.19 bits per heavy atom. The number of nitrogens with zero attached hydrogens (tertiary/aromatic N) is 1. The van der Waals surface area contributed by atoms with Gasteiger partial charge in [0.05, 0.1) is 13.2 Å². The molecular weight excluding hydrogens is 338 g/mol. The summed E-state index contributed by atoms with van der Waals surface area (Å²) in [5.41, 5.74) is 2.54. The fourth-order valence-electron chi connectivity index (χ4n) is 3.97. The third kappa shape index (κ3) is 3.71. The summed E-state index contributed by atoms with van der Waals surface area (Å²) in [7, 11) is 0. The lowest BCUT2D eigenvalue weighted by atomic mass is 9.83. The van der Waals surface area contributed by atoms with E-state index >= 15 is 0 Å². The van der Waals surface area contributed by atoms with E-state index in [1.165, 1.54) is 0 Å². The number of hydrogen-bond acceptors (Lipinski definition) is 3. The van der Waals surface area contributed by atoms with E-state index in [0.29, 0.717) is 38.3 Å². The molecule has 138 valence electrons. The molecule has 0 spiro atoms. The lowest BCUT2D eigenvalue weighted by Crippen LogP contribution is -2.41. The van der Waals surface area contributed by atoms with Crippen molar-refractivity contribution >= 4 is 11.7 Å². The number of allylic oxidation sites excluding steroid dienone is 1. The standard InChI is InChI=1S/C23H23NO3/c25-22(18-9-5-2-6-10-18)21-16-19(23(26)24-11-13-27-14-12-24)15-20(21)17-7-3-1-4-8-17/h1-10,15,20-21H,11-14,16H2/t20-,21+/m1/s1. The van der Waals surface area contributed by atoms with Crippen LogP contribution >= 0.6 is 0 Å². The maximum Gasteiger partial charge on any atom is 0.249 e. The van der Waals surface area contributed by atoms with Gasteiger partial charge in [0.1, 0.15) is 0 Å². The molecule has 4 nitrogen and oxygen atoms in total. The van der Waals surface area contributed by atoms with E-state index in [1.807, 2.05) is 71.6 Å². The van der Waals surface area contributed by atoms with Crippen molar-refractivity contribution in [3.8, 4) is 0 Å². The first-order chi connectivity index (χ1) is 13.2. The summed E-state index contributed by atoms with van der Waals surface area (Å²) in [6.07, 6.45) is 2.50. The Balaban J connectivity index is 1.63. The van der Waals surface area contributed by atoms with Crippen LogP contribution in [-0.2, 0) is 9.53 Å². The van der Waals surface area contributed by atoms with E-state index in [-0.39, 0.29) is 23.5 Å². The summed E-state index contributed by atoms with van der Waals surface area (Å²) in [6.45, 7) is 2.38. The van der Waals surface area contributed by atoms with Gasteiger partial charge in [-0.05, 0) is 12.0 Å². The van der Waals surface area contributed by atoms with Crippen LogP contribution in [0.1, 0.15) is 28.3 Å². The highest BCUT2D eigenvalue weighted by Crippen LogP contribution is 2.40. The third-order valence-electron chi connectivity index (χ3n) is 5.41. The van der Waals surface area contributed by atoms with Gasteiger partial charge in [0.15, 0.2) is 5.78 Å². The van der Waals surface area contributed by atoms with Crippen LogP contribution in [0.3, 0.4) is 0 Å².